The molecule has 1 saturated heterocycles. The summed E-state index contributed by atoms with van der Waals surface area (Å²) in [6.07, 6.45) is 5.52. The van der Waals surface area contributed by atoms with Gasteiger partial charge in [0.05, 0.1) is 27.0 Å². The van der Waals surface area contributed by atoms with Crippen molar-refractivity contribution in [3.63, 3.8) is 0 Å². The number of aromatic nitrogens is 3. The highest BCUT2D eigenvalue weighted by molar-refractivity contribution is 5.93. The van der Waals surface area contributed by atoms with Gasteiger partial charge in [-0.2, -0.15) is 0 Å². The molecule has 1 saturated carbocycles. The summed E-state index contributed by atoms with van der Waals surface area (Å²) < 4.78 is 16.6. The number of hydrogen-bond donors (Lipinski definition) is 1. The maximum Gasteiger partial charge on any atom is 0.272 e. The number of amides is 1. The Morgan fingerprint density at radius 3 is 2.47 bits per heavy atom. The number of carbonyl (C=O) groups excluding carboxylic acids is 1. The van der Waals surface area contributed by atoms with Crippen LogP contribution in [0.1, 0.15) is 47.8 Å². The SMILES string of the molecule is COc1cc(C(=O)N2CCC(c3nnc(N)cc3OC)CC2)ncc1OCC1CC1. The number of nitrogens with two attached hydrogens (primary N) is 1. The summed E-state index contributed by atoms with van der Waals surface area (Å²) in [5, 5.41) is 8.17. The van der Waals surface area contributed by atoms with Gasteiger partial charge in [0.15, 0.2) is 11.5 Å². The van der Waals surface area contributed by atoms with E-state index in [-0.39, 0.29) is 11.8 Å². The van der Waals surface area contributed by atoms with Crippen LogP contribution in [0.25, 0.3) is 0 Å². The number of rotatable bonds is 7. The van der Waals surface area contributed by atoms with Gasteiger partial charge in [0.2, 0.25) is 0 Å². The minimum atomic E-state index is -0.115. The monoisotopic (exact) mass is 413 g/mol. The van der Waals surface area contributed by atoms with Gasteiger partial charge in [0, 0.05) is 31.1 Å². The van der Waals surface area contributed by atoms with E-state index in [0.717, 1.165) is 18.5 Å². The van der Waals surface area contributed by atoms with Gasteiger partial charge in [-0.05, 0) is 31.6 Å². The van der Waals surface area contributed by atoms with Crippen LogP contribution in [-0.4, -0.2) is 59.9 Å². The number of anilines is 1. The lowest BCUT2D eigenvalue weighted by Gasteiger charge is -2.31. The van der Waals surface area contributed by atoms with Crippen LogP contribution >= 0.6 is 0 Å². The van der Waals surface area contributed by atoms with Gasteiger partial charge in [-0.25, -0.2) is 4.98 Å². The fourth-order valence-corrected chi connectivity index (χ4v) is 3.66. The lowest BCUT2D eigenvalue weighted by molar-refractivity contribution is 0.0705. The van der Waals surface area contributed by atoms with E-state index in [2.05, 4.69) is 15.2 Å². The van der Waals surface area contributed by atoms with Crippen LogP contribution in [0.5, 0.6) is 17.2 Å². The highest BCUT2D eigenvalue weighted by Crippen LogP contribution is 2.35. The van der Waals surface area contributed by atoms with Crippen molar-refractivity contribution in [3.05, 3.63) is 29.7 Å². The van der Waals surface area contributed by atoms with Crippen molar-refractivity contribution in [2.75, 3.05) is 39.6 Å². The van der Waals surface area contributed by atoms with Gasteiger partial charge in [-0.15, -0.1) is 10.2 Å². The van der Waals surface area contributed by atoms with Crippen LogP contribution in [0.2, 0.25) is 0 Å². The summed E-state index contributed by atoms with van der Waals surface area (Å²) in [5.74, 6) is 2.75. The molecule has 0 bridgehead atoms. The number of nitrogens with zero attached hydrogens (tertiary/aromatic N) is 4. The zero-order chi connectivity index (χ0) is 21.1. The lowest BCUT2D eigenvalue weighted by atomic mass is 9.92. The van der Waals surface area contributed by atoms with Gasteiger partial charge in [0.1, 0.15) is 23.0 Å². The molecule has 3 heterocycles. The van der Waals surface area contributed by atoms with Crippen LogP contribution in [0, 0.1) is 5.92 Å². The van der Waals surface area contributed by atoms with E-state index in [9.17, 15) is 4.79 Å². The molecule has 0 radical (unpaired) electrons. The minimum absolute atomic E-state index is 0.115. The number of piperidine rings is 1. The molecule has 1 amide bonds. The van der Waals surface area contributed by atoms with E-state index in [1.54, 1.807) is 37.4 Å². The van der Waals surface area contributed by atoms with Crippen molar-refractivity contribution >= 4 is 11.7 Å². The van der Waals surface area contributed by atoms with E-state index in [1.807, 2.05) is 0 Å². The molecule has 2 N–H and O–H groups in total. The van der Waals surface area contributed by atoms with E-state index in [4.69, 9.17) is 19.9 Å². The van der Waals surface area contributed by atoms with E-state index >= 15 is 0 Å². The molecular formula is C21H27N5O4. The highest BCUT2D eigenvalue weighted by Gasteiger charge is 2.29. The summed E-state index contributed by atoms with van der Waals surface area (Å²) in [7, 11) is 3.16. The summed E-state index contributed by atoms with van der Waals surface area (Å²) in [6.45, 7) is 1.86. The third kappa shape index (κ3) is 4.39. The predicted octanol–water partition coefficient (Wildman–Crippen LogP) is 2.28. The summed E-state index contributed by atoms with van der Waals surface area (Å²) in [5.41, 5.74) is 6.84. The molecule has 9 nitrogen and oxygen atoms in total. The van der Waals surface area contributed by atoms with E-state index in [0.29, 0.717) is 54.4 Å². The van der Waals surface area contributed by atoms with Crippen LogP contribution in [0.15, 0.2) is 18.3 Å². The molecule has 4 rings (SSSR count). The number of carbonyl (C=O) groups is 1. The Morgan fingerprint density at radius 1 is 1.07 bits per heavy atom. The first-order valence-corrected chi connectivity index (χ1v) is 10.2. The molecule has 0 atom stereocenters. The van der Waals surface area contributed by atoms with Crippen molar-refractivity contribution in [2.45, 2.75) is 31.6 Å². The second-order valence-corrected chi connectivity index (χ2v) is 7.76. The first-order chi connectivity index (χ1) is 14.6. The molecule has 2 aromatic rings. The number of hydrogen-bond acceptors (Lipinski definition) is 8. The molecule has 0 aromatic carbocycles. The van der Waals surface area contributed by atoms with Crippen LogP contribution in [0.4, 0.5) is 5.82 Å². The van der Waals surface area contributed by atoms with Gasteiger partial charge >= 0.3 is 0 Å². The molecule has 160 valence electrons. The minimum Gasteiger partial charge on any atom is -0.495 e. The van der Waals surface area contributed by atoms with Crippen LogP contribution in [-0.2, 0) is 0 Å². The molecular weight excluding hydrogens is 386 g/mol. The molecule has 2 aromatic heterocycles. The van der Waals surface area contributed by atoms with E-state index in [1.165, 1.54) is 12.8 Å². The fraction of sp³-hybridized carbons (Fsp3) is 0.524. The molecule has 30 heavy (non-hydrogen) atoms. The Bertz CT molecular complexity index is 910. The molecule has 1 aliphatic heterocycles. The Labute approximate surface area is 175 Å². The molecule has 1 aliphatic carbocycles. The third-order valence-electron chi connectivity index (χ3n) is 5.64. The Kier molecular flexibility index (Phi) is 5.87. The predicted molar refractivity (Wildman–Crippen MR) is 110 cm³/mol. The highest BCUT2D eigenvalue weighted by atomic mass is 16.5. The van der Waals surface area contributed by atoms with Crippen LogP contribution in [0.3, 0.4) is 0 Å². The van der Waals surface area contributed by atoms with Crippen molar-refractivity contribution in [3.8, 4) is 17.2 Å². The van der Waals surface area contributed by atoms with Crippen molar-refractivity contribution in [2.24, 2.45) is 5.92 Å². The average Bonchev–Trinajstić information content (AvgIpc) is 3.61. The van der Waals surface area contributed by atoms with Gasteiger partial charge in [-0.1, -0.05) is 0 Å². The normalized spacial score (nSPS) is 16.9. The van der Waals surface area contributed by atoms with Gasteiger partial charge < -0.3 is 24.8 Å². The Hall–Kier alpha value is -3.10. The quantitative estimate of drug-likeness (QED) is 0.736. The number of pyridine rings is 1. The first-order valence-electron chi connectivity index (χ1n) is 10.2. The topological polar surface area (TPSA) is 113 Å². The van der Waals surface area contributed by atoms with Crippen molar-refractivity contribution < 1.29 is 19.0 Å². The lowest BCUT2D eigenvalue weighted by Crippen LogP contribution is -2.38. The van der Waals surface area contributed by atoms with Crippen molar-refractivity contribution in [1.82, 2.24) is 20.1 Å². The van der Waals surface area contributed by atoms with E-state index < -0.39 is 0 Å². The summed E-state index contributed by atoms with van der Waals surface area (Å²) in [6, 6.07) is 3.34. The summed E-state index contributed by atoms with van der Waals surface area (Å²) in [4.78, 5) is 19.1. The number of methoxy groups -OCH3 is 2. The maximum absolute atomic E-state index is 13.0. The summed E-state index contributed by atoms with van der Waals surface area (Å²) >= 11 is 0. The molecule has 2 fully saturated rings. The molecule has 2 aliphatic rings. The first kappa shape index (κ1) is 20.2. The molecule has 9 heteroatoms. The number of likely N-dealkylation sites (tertiary alicyclic amines) is 1. The van der Waals surface area contributed by atoms with Crippen molar-refractivity contribution in [1.29, 1.82) is 0 Å². The Morgan fingerprint density at radius 2 is 1.80 bits per heavy atom. The average molecular weight is 413 g/mol. The second-order valence-electron chi connectivity index (χ2n) is 7.76. The molecule has 0 spiro atoms. The standard InChI is InChI=1S/C21H27N5O4/c1-28-16-9-15(23-11-18(16)30-12-13-3-4-13)21(27)26-7-5-14(6-8-26)20-17(29-2)10-19(22)24-25-20/h9-11,13-14H,3-8,12H2,1-2H3,(H2,22,24). The zero-order valence-electron chi connectivity index (χ0n) is 17.3. The fourth-order valence-electron chi connectivity index (χ4n) is 3.66. The van der Waals surface area contributed by atoms with Gasteiger partial charge in [0.25, 0.3) is 5.91 Å². The van der Waals surface area contributed by atoms with Crippen LogP contribution < -0.4 is 19.9 Å². The number of nitrogen functional groups attached to an aromatic ring is 1. The zero-order valence-corrected chi connectivity index (χ0v) is 17.3. The van der Waals surface area contributed by atoms with Gasteiger partial charge in [-0.3, -0.25) is 4.79 Å². The third-order valence-corrected chi connectivity index (χ3v) is 5.64. The largest absolute Gasteiger partial charge is 0.495 e. The smallest absolute Gasteiger partial charge is 0.272 e. The molecule has 0 unspecified atom stereocenters. The Balaban J connectivity index is 1.40. The number of ether oxygens (including phenoxy) is 3. The maximum atomic E-state index is 13.0. The second kappa shape index (κ2) is 8.73.